The van der Waals surface area contributed by atoms with Gasteiger partial charge < -0.3 is 15.7 Å². The van der Waals surface area contributed by atoms with Crippen LogP contribution in [0, 0.1) is 0 Å². The van der Waals surface area contributed by atoms with Crippen molar-refractivity contribution < 1.29 is 14.7 Å². The Kier molecular flexibility index (Phi) is 3.78. The van der Waals surface area contributed by atoms with Gasteiger partial charge in [0, 0.05) is 18.3 Å². The van der Waals surface area contributed by atoms with Gasteiger partial charge in [-0.15, -0.1) is 11.3 Å². The molecule has 10 heteroatoms. The highest BCUT2D eigenvalue weighted by atomic mass is 32.1. The molecule has 0 aliphatic carbocycles. The van der Waals surface area contributed by atoms with E-state index in [0.29, 0.717) is 25.1 Å². The average Bonchev–Trinajstić information content (AvgIpc) is 2.91. The van der Waals surface area contributed by atoms with Crippen LogP contribution < -0.4 is 27.2 Å². The Morgan fingerprint density at radius 2 is 2.09 bits per heavy atom. The second-order valence-corrected chi connectivity index (χ2v) is 6.26. The van der Waals surface area contributed by atoms with Crippen molar-refractivity contribution in [3.63, 3.8) is 0 Å². The van der Waals surface area contributed by atoms with Gasteiger partial charge in [-0.2, -0.15) is 4.68 Å². The molecule has 23 heavy (non-hydrogen) atoms. The number of hydrogen-bond acceptors (Lipinski definition) is 7. The Labute approximate surface area is 133 Å². The van der Waals surface area contributed by atoms with E-state index in [2.05, 4.69) is 16.1 Å². The lowest BCUT2D eigenvalue weighted by atomic mass is 9.99. The molecule has 1 atom stereocenters. The third-order valence-corrected chi connectivity index (χ3v) is 4.89. The van der Waals surface area contributed by atoms with Crippen LogP contribution in [0.25, 0.3) is 0 Å². The minimum Gasteiger partial charge on any atom is -0.478 e. The maximum atomic E-state index is 11.6. The summed E-state index contributed by atoms with van der Waals surface area (Å²) in [6.45, 7) is 2.32. The normalized spacial score (nSPS) is 17.0. The number of carboxylic acids is 1. The summed E-state index contributed by atoms with van der Waals surface area (Å²) < 4.78 is 0.778. The lowest BCUT2D eigenvalue weighted by Gasteiger charge is -2.24. The molecule has 1 aliphatic heterocycles. The van der Waals surface area contributed by atoms with Crippen LogP contribution in [-0.2, 0) is 11.2 Å². The predicted octanol–water partition coefficient (Wildman–Crippen LogP) is -0.958. The van der Waals surface area contributed by atoms with E-state index in [-0.39, 0.29) is 22.5 Å². The fourth-order valence-electron chi connectivity index (χ4n) is 2.53. The van der Waals surface area contributed by atoms with E-state index >= 15 is 0 Å². The molecule has 0 bridgehead atoms. The molecule has 1 amide bonds. The van der Waals surface area contributed by atoms with Gasteiger partial charge in [0.05, 0.1) is 11.6 Å². The van der Waals surface area contributed by atoms with E-state index in [9.17, 15) is 24.3 Å². The standard InChI is InChI=1S/C13H14N4O5S/c1-5(18)15-4-7-9-6(2-3-14-7)8(13(21)22)10(23-9)16-17-11(19)12(17)20/h7,14,16H,2-4H2,1H3,(H,15,18)(H,21,22). The number of nitrogens with one attached hydrogen (secondary N) is 3. The SMILES string of the molecule is CC(=O)NCC1NCCc2c1sc(Nn1c(=O)c1=O)c2C(=O)O. The number of carboxylic acid groups (broad SMARTS) is 1. The number of carbonyl (C=O) groups is 2. The van der Waals surface area contributed by atoms with Gasteiger partial charge in [0.2, 0.25) is 5.91 Å². The fourth-order valence-corrected chi connectivity index (χ4v) is 3.84. The molecule has 0 aromatic carbocycles. The zero-order valence-corrected chi connectivity index (χ0v) is 13.0. The van der Waals surface area contributed by atoms with Crippen molar-refractivity contribution in [2.45, 2.75) is 19.4 Å². The maximum Gasteiger partial charge on any atom is 0.340 e. The Hall–Kier alpha value is -2.46. The minimum absolute atomic E-state index is 0.0758. The van der Waals surface area contributed by atoms with Crippen LogP contribution >= 0.6 is 11.3 Å². The molecular formula is C13H14N4O5S. The molecule has 0 radical (unpaired) electrons. The van der Waals surface area contributed by atoms with Crippen molar-refractivity contribution in [1.82, 2.24) is 15.3 Å². The summed E-state index contributed by atoms with van der Waals surface area (Å²) in [5, 5.41) is 15.6. The predicted molar refractivity (Wildman–Crippen MR) is 82.8 cm³/mol. The topological polar surface area (TPSA) is 130 Å². The summed E-state index contributed by atoms with van der Waals surface area (Å²) in [6, 6.07) is -0.207. The highest BCUT2D eigenvalue weighted by molar-refractivity contribution is 7.16. The summed E-state index contributed by atoms with van der Waals surface area (Å²) in [6.07, 6.45) is 0.521. The highest BCUT2D eigenvalue weighted by Gasteiger charge is 2.31. The van der Waals surface area contributed by atoms with Crippen molar-refractivity contribution in [3.8, 4) is 0 Å². The first kappa shape index (κ1) is 15.4. The Balaban J connectivity index is 1.96. The monoisotopic (exact) mass is 338 g/mol. The number of anilines is 1. The lowest BCUT2D eigenvalue weighted by molar-refractivity contribution is -0.119. The van der Waals surface area contributed by atoms with Crippen molar-refractivity contribution in [2.75, 3.05) is 18.5 Å². The van der Waals surface area contributed by atoms with E-state index in [1.807, 2.05) is 0 Å². The van der Waals surface area contributed by atoms with Gasteiger partial charge >= 0.3 is 17.1 Å². The fraction of sp³-hybridized carbons (Fsp3) is 0.385. The maximum absolute atomic E-state index is 11.6. The van der Waals surface area contributed by atoms with Crippen LogP contribution in [0.5, 0.6) is 0 Å². The second kappa shape index (κ2) is 5.63. The van der Waals surface area contributed by atoms with Crippen LogP contribution in [0.3, 0.4) is 0 Å². The summed E-state index contributed by atoms with van der Waals surface area (Å²) >= 11 is 1.17. The van der Waals surface area contributed by atoms with Crippen LogP contribution in [-0.4, -0.2) is 34.7 Å². The van der Waals surface area contributed by atoms with E-state index in [4.69, 9.17) is 0 Å². The van der Waals surface area contributed by atoms with Crippen molar-refractivity contribution >= 4 is 28.2 Å². The van der Waals surface area contributed by atoms with Gasteiger partial charge in [-0.25, -0.2) is 4.79 Å². The molecule has 0 spiro atoms. The zero-order chi connectivity index (χ0) is 16.7. The van der Waals surface area contributed by atoms with Crippen LogP contribution in [0.15, 0.2) is 9.59 Å². The summed E-state index contributed by atoms with van der Waals surface area (Å²) in [4.78, 5) is 45.6. The van der Waals surface area contributed by atoms with Crippen molar-refractivity contribution in [1.29, 1.82) is 0 Å². The van der Waals surface area contributed by atoms with Crippen molar-refractivity contribution in [2.24, 2.45) is 0 Å². The van der Waals surface area contributed by atoms with E-state index in [1.165, 1.54) is 18.3 Å². The second-order valence-electron chi connectivity index (χ2n) is 5.21. The van der Waals surface area contributed by atoms with Gasteiger partial charge in [0.1, 0.15) is 5.00 Å². The van der Waals surface area contributed by atoms with Crippen LogP contribution in [0.2, 0.25) is 0 Å². The number of carbonyl (C=O) groups excluding carboxylic acids is 1. The smallest absolute Gasteiger partial charge is 0.340 e. The average molecular weight is 338 g/mol. The minimum atomic E-state index is -1.12. The highest BCUT2D eigenvalue weighted by Crippen LogP contribution is 2.39. The number of hydrogen-bond donors (Lipinski definition) is 4. The van der Waals surface area contributed by atoms with Crippen molar-refractivity contribution in [3.05, 3.63) is 36.7 Å². The quantitative estimate of drug-likeness (QED) is 0.517. The molecule has 3 heterocycles. The first-order chi connectivity index (χ1) is 10.9. The third kappa shape index (κ3) is 2.78. The number of thiophene rings is 1. The number of amides is 1. The molecule has 1 unspecified atom stereocenters. The summed E-state index contributed by atoms with van der Waals surface area (Å²) in [5.41, 5.74) is 1.92. The number of fused-ring (bicyclic) bond motifs is 1. The van der Waals surface area contributed by atoms with E-state index < -0.39 is 17.1 Å². The number of rotatable bonds is 5. The van der Waals surface area contributed by atoms with Gasteiger partial charge in [-0.1, -0.05) is 0 Å². The van der Waals surface area contributed by atoms with Gasteiger partial charge in [0.25, 0.3) is 0 Å². The van der Waals surface area contributed by atoms with Gasteiger partial charge in [0.15, 0.2) is 0 Å². The number of aromatic nitrogens is 1. The molecule has 3 rings (SSSR count). The van der Waals surface area contributed by atoms with Crippen LogP contribution in [0.4, 0.5) is 5.00 Å². The van der Waals surface area contributed by atoms with E-state index in [1.54, 1.807) is 0 Å². The Morgan fingerprint density at radius 3 is 2.65 bits per heavy atom. The summed E-state index contributed by atoms with van der Waals surface area (Å²) in [5.74, 6) is -1.29. The Bertz CT molecular complexity index is 835. The first-order valence-corrected chi connectivity index (χ1v) is 7.73. The third-order valence-electron chi connectivity index (χ3n) is 3.64. The Morgan fingerprint density at radius 1 is 1.39 bits per heavy atom. The number of nitrogens with zero attached hydrogens (tertiary/aromatic N) is 1. The molecule has 0 saturated carbocycles. The first-order valence-electron chi connectivity index (χ1n) is 6.92. The van der Waals surface area contributed by atoms with Crippen LogP contribution in [0.1, 0.15) is 33.8 Å². The summed E-state index contributed by atoms with van der Waals surface area (Å²) in [7, 11) is 0. The molecule has 2 aromatic rings. The molecule has 1 aliphatic rings. The molecule has 0 saturated heterocycles. The van der Waals surface area contributed by atoms with E-state index in [0.717, 1.165) is 9.55 Å². The molecule has 122 valence electrons. The molecular weight excluding hydrogens is 324 g/mol. The molecule has 4 N–H and O–H groups in total. The largest absolute Gasteiger partial charge is 0.478 e. The lowest BCUT2D eigenvalue weighted by Crippen LogP contribution is -2.37. The molecule has 0 fully saturated rings. The number of aromatic carboxylic acids is 1. The van der Waals surface area contributed by atoms with Gasteiger partial charge in [-0.3, -0.25) is 19.8 Å². The molecule has 9 nitrogen and oxygen atoms in total. The molecule has 2 aromatic heterocycles. The van der Waals surface area contributed by atoms with Gasteiger partial charge in [-0.05, 0) is 18.5 Å². The zero-order valence-electron chi connectivity index (χ0n) is 12.1.